The van der Waals surface area contributed by atoms with Crippen molar-refractivity contribution in [2.75, 3.05) is 0 Å². The predicted octanol–water partition coefficient (Wildman–Crippen LogP) is 3.02. The average Bonchev–Trinajstić information content (AvgIpc) is 2.56. The Hall–Kier alpha value is -1.03. The van der Waals surface area contributed by atoms with Crippen LogP contribution in [0.3, 0.4) is 0 Å². The second-order valence-electron chi connectivity index (χ2n) is 3.47. The molecule has 0 fully saturated rings. The number of imidazole rings is 1. The first kappa shape index (κ1) is 10.5. The Balaban J connectivity index is 2.63. The number of fused-ring (bicyclic) bond motifs is 1. The van der Waals surface area contributed by atoms with Crippen molar-refractivity contribution in [3.05, 3.63) is 29.8 Å². The normalized spacial score (nSPS) is 11.1. The fourth-order valence-corrected chi connectivity index (χ4v) is 1.99. The highest BCUT2D eigenvalue weighted by Crippen LogP contribution is 2.18. The van der Waals surface area contributed by atoms with E-state index in [9.17, 15) is 4.39 Å². The number of nitrogens with zero attached hydrogens (tertiary/aromatic N) is 2. The zero-order valence-corrected chi connectivity index (χ0v) is 9.47. The number of thiol groups is 1. The van der Waals surface area contributed by atoms with E-state index in [0.717, 1.165) is 24.3 Å². The summed E-state index contributed by atoms with van der Waals surface area (Å²) >= 11 is 4.23. The molecule has 0 spiro atoms. The van der Waals surface area contributed by atoms with Crippen LogP contribution in [0, 0.1) is 5.82 Å². The van der Waals surface area contributed by atoms with Gasteiger partial charge in [-0.2, -0.15) is 12.6 Å². The summed E-state index contributed by atoms with van der Waals surface area (Å²) in [5.74, 6) is 1.24. The van der Waals surface area contributed by atoms with Gasteiger partial charge in [0.1, 0.15) is 11.6 Å². The molecule has 2 rings (SSSR count). The van der Waals surface area contributed by atoms with Crippen LogP contribution in [0.25, 0.3) is 11.0 Å². The van der Waals surface area contributed by atoms with Crippen LogP contribution in [0.5, 0.6) is 0 Å². The Kier molecular flexibility index (Phi) is 2.95. The van der Waals surface area contributed by atoms with E-state index in [0.29, 0.717) is 11.3 Å². The second kappa shape index (κ2) is 4.23. The number of aryl methyl sites for hydroxylation is 1. The van der Waals surface area contributed by atoms with Crippen molar-refractivity contribution in [2.24, 2.45) is 0 Å². The highest BCUT2D eigenvalue weighted by atomic mass is 32.1. The Morgan fingerprint density at radius 2 is 2.27 bits per heavy atom. The Morgan fingerprint density at radius 1 is 1.47 bits per heavy atom. The SMILES string of the molecule is CCCn1c(CS)nc2cc(F)ccc21. The highest BCUT2D eigenvalue weighted by Gasteiger charge is 2.08. The van der Waals surface area contributed by atoms with Gasteiger partial charge >= 0.3 is 0 Å². The number of hydrogen-bond acceptors (Lipinski definition) is 2. The third-order valence-corrected chi connectivity index (χ3v) is 2.66. The van der Waals surface area contributed by atoms with Gasteiger partial charge in [0.25, 0.3) is 0 Å². The summed E-state index contributed by atoms with van der Waals surface area (Å²) in [6, 6.07) is 4.72. The van der Waals surface area contributed by atoms with Crippen LogP contribution in [0.15, 0.2) is 18.2 Å². The van der Waals surface area contributed by atoms with Gasteiger partial charge in [-0.25, -0.2) is 9.37 Å². The van der Waals surface area contributed by atoms with Gasteiger partial charge in [0.2, 0.25) is 0 Å². The van der Waals surface area contributed by atoms with Crippen LogP contribution in [-0.4, -0.2) is 9.55 Å². The number of halogens is 1. The van der Waals surface area contributed by atoms with E-state index in [1.54, 1.807) is 6.07 Å². The molecule has 15 heavy (non-hydrogen) atoms. The van der Waals surface area contributed by atoms with Gasteiger partial charge in [0.15, 0.2) is 0 Å². The maximum absolute atomic E-state index is 13.0. The average molecular weight is 224 g/mol. The van der Waals surface area contributed by atoms with E-state index >= 15 is 0 Å². The van der Waals surface area contributed by atoms with Gasteiger partial charge in [-0.1, -0.05) is 6.92 Å². The topological polar surface area (TPSA) is 17.8 Å². The Labute approximate surface area is 93.5 Å². The molecule has 1 aromatic carbocycles. The van der Waals surface area contributed by atoms with Gasteiger partial charge in [0.05, 0.1) is 11.0 Å². The van der Waals surface area contributed by atoms with E-state index in [-0.39, 0.29) is 5.82 Å². The van der Waals surface area contributed by atoms with Crippen LogP contribution in [0.2, 0.25) is 0 Å². The summed E-state index contributed by atoms with van der Waals surface area (Å²) in [4.78, 5) is 4.36. The minimum atomic E-state index is -0.241. The lowest BCUT2D eigenvalue weighted by molar-refractivity contribution is 0.629. The summed E-state index contributed by atoms with van der Waals surface area (Å²) in [5.41, 5.74) is 1.70. The van der Waals surface area contributed by atoms with Gasteiger partial charge in [0, 0.05) is 18.4 Å². The summed E-state index contributed by atoms with van der Waals surface area (Å²) in [6.45, 7) is 3.01. The fraction of sp³-hybridized carbons (Fsp3) is 0.364. The van der Waals surface area contributed by atoms with Crippen LogP contribution in [0.4, 0.5) is 4.39 Å². The zero-order chi connectivity index (χ0) is 10.8. The van der Waals surface area contributed by atoms with Crippen LogP contribution < -0.4 is 0 Å². The molecule has 0 saturated carbocycles. The molecule has 0 aliphatic rings. The molecule has 0 saturated heterocycles. The van der Waals surface area contributed by atoms with Crippen LogP contribution >= 0.6 is 12.6 Å². The predicted molar refractivity (Wildman–Crippen MR) is 62.7 cm³/mol. The smallest absolute Gasteiger partial charge is 0.125 e. The van der Waals surface area contributed by atoms with Crippen LogP contribution in [0.1, 0.15) is 19.2 Å². The summed E-state index contributed by atoms with van der Waals surface area (Å²) in [6.07, 6.45) is 1.03. The first-order valence-corrected chi connectivity index (χ1v) is 5.65. The highest BCUT2D eigenvalue weighted by molar-refractivity contribution is 7.79. The van der Waals surface area contributed by atoms with Gasteiger partial charge in [-0.15, -0.1) is 0 Å². The molecule has 0 unspecified atom stereocenters. The van der Waals surface area contributed by atoms with Gasteiger partial charge < -0.3 is 4.57 Å². The number of rotatable bonds is 3. The number of hydrogen-bond donors (Lipinski definition) is 1. The molecule has 0 radical (unpaired) electrons. The maximum atomic E-state index is 13.0. The lowest BCUT2D eigenvalue weighted by Gasteiger charge is -2.04. The van der Waals surface area contributed by atoms with Crippen LogP contribution in [-0.2, 0) is 12.3 Å². The molecule has 1 heterocycles. The Morgan fingerprint density at radius 3 is 2.93 bits per heavy atom. The van der Waals surface area contributed by atoms with E-state index in [1.165, 1.54) is 12.1 Å². The second-order valence-corrected chi connectivity index (χ2v) is 3.79. The molecule has 0 atom stereocenters. The molecule has 2 aromatic rings. The molecular weight excluding hydrogens is 211 g/mol. The van der Waals surface area contributed by atoms with Crippen molar-refractivity contribution in [3.63, 3.8) is 0 Å². The third kappa shape index (κ3) is 1.86. The maximum Gasteiger partial charge on any atom is 0.125 e. The van der Waals surface area contributed by atoms with Crippen molar-refractivity contribution >= 4 is 23.7 Å². The Bertz CT molecular complexity index is 479. The van der Waals surface area contributed by atoms with Crippen molar-refractivity contribution in [3.8, 4) is 0 Å². The molecule has 0 aliphatic heterocycles. The first-order chi connectivity index (χ1) is 7.26. The lowest BCUT2D eigenvalue weighted by atomic mass is 10.3. The third-order valence-electron chi connectivity index (χ3n) is 2.38. The van der Waals surface area contributed by atoms with E-state index in [4.69, 9.17) is 0 Å². The molecule has 0 aliphatic carbocycles. The molecule has 0 amide bonds. The molecular formula is C11H13FN2S. The van der Waals surface area contributed by atoms with E-state index in [2.05, 4.69) is 29.1 Å². The first-order valence-electron chi connectivity index (χ1n) is 5.01. The van der Waals surface area contributed by atoms with Crippen molar-refractivity contribution in [2.45, 2.75) is 25.6 Å². The molecule has 1 aromatic heterocycles. The quantitative estimate of drug-likeness (QED) is 0.793. The minimum Gasteiger partial charge on any atom is -0.327 e. The monoisotopic (exact) mass is 224 g/mol. The lowest BCUT2D eigenvalue weighted by Crippen LogP contribution is -2.01. The van der Waals surface area contributed by atoms with Gasteiger partial charge in [-0.3, -0.25) is 0 Å². The van der Waals surface area contributed by atoms with Crippen molar-refractivity contribution in [1.29, 1.82) is 0 Å². The van der Waals surface area contributed by atoms with Crippen molar-refractivity contribution < 1.29 is 4.39 Å². The number of aromatic nitrogens is 2. The molecule has 4 heteroatoms. The fourth-order valence-electron chi connectivity index (χ4n) is 1.75. The largest absolute Gasteiger partial charge is 0.327 e. The molecule has 0 bridgehead atoms. The minimum absolute atomic E-state index is 0.241. The summed E-state index contributed by atoms with van der Waals surface area (Å²) in [5, 5.41) is 0. The molecule has 0 N–H and O–H groups in total. The molecule has 80 valence electrons. The molecule has 2 nitrogen and oxygen atoms in total. The zero-order valence-electron chi connectivity index (χ0n) is 8.57. The standard InChI is InChI=1S/C11H13FN2S/c1-2-5-14-10-4-3-8(12)6-9(10)13-11(14)7-15/h3-4,6,15H,2,5,7H2,1H3. The number of benzene rings is 1. The van der Waals surface area contributed by atoms with E-state index in [1.807, 2.05) is 0 Å². The van der Waals surface area contributed by atoms with Crippen molar-refractivity contribution in [1.82, 2.24) is 9.55 Å². The van der Waals surface area contributed by atoms with E-state index < -0.39 is 0 Å². The summed E-state index contributed by atoms with van der Waals surface area (Å²) < 4.78 is 15.1. The summed E-state index contributed by atoms with van der Waals surface area (Å²) in [7, 11) is 0. The van der Waals surface area contributed by atoms with Gasteiger partial charge in [-0.05, 0) is 18.6 Å².